The molecule has 4 rings (SSSR count). The van der Waals surface area contributed by atoms with Crippen molar-refractivity contribution in [2.75, 3.05) is 18.5 Å². The molecule has 3 N–H and O–H groups in total. The molecule has 0 saturated heterocycles. The third kappa shape index (κ3) is 5.84. The van der Waals surface area contributed by atoms with Gasteiger partial charge in [-0.3, -0.25) is 4.79 Å². The number of carboxylic acids is 1. The van der Waals surface area contributed by atoms with E-state index in [-0.39, 0.29) is 18.2 Å². The number of fused-ring (bicyclic) bond motifs is 3. The number of benzene rings is 1. The number of pyridine rings is 1. The minimum Gasteiger partial charge on any atom is -0.481 e. The number of hydrogen-bond acceptors (Lipinski definition) is 7. The average Bonchev–Trinajstić information content (AvgIpc) is 2.98. The minimum absolute atomic E-state index is 0.00000373. The molecular weight excluding hydrogens is 475 g/mol. The molecule has 2 aromatic heterocycles. The number of hydrogen-bond donors (Lipinski definition) is 3. The normalized spacial score (nSPS) is 14.8. The largest absolute Gasteiger partial charge is 0.481 e. The number of carbonyl (C=O) groups is 1. The van der Waals surface area contributed by atoms with E-state index in [1.165, 1.54) is 12.1 Å². The van der Waals surface area contributed by atoms with Crippen molar-refractivity contribution >= 4 is 17.9 Å². The first-order chi connectivity index (χ1) is 17.7. The fourth-order valence-electron chi connectivity index (χ4n) is 4.66. The van der Waals surface area contributed by atoms with Gasteiger partial charge in [0.05, 0.1) is 30.0 Å². The summed E-state index contributed by atoms with van der Waals surface area (Å²) in [6.45, 7) is 4.71. The first-order valence-corrected chi connectivity index (χ1v) is 12.3. The number of carboxylic acid groups (broad SMARTS) is 1. The number of aliphatic carboxylic acids is 1. The van der Waals surface area contributed by atoms with E-state index < -0.39 is 24.6 Å². The zero-order valence-electron chi connectivity index (χ0n) is 21.1. The van der Waals surface area contributed by atoms with Gasteiger partial charge in [0.2, 0.25) is 0 Å². The van der Waals surface area contributed by atoms with Gasteiger partial charge in [-0.15, -0.1) is 0 Å². The van der Waals surface area contributed by atoms with Crippen LogP contribution in [-0.2, 0) is 11.2 Å². The lowest BCUT2D eigenvalue weighted by Crippen LogP contribution is -2.20. The Hall–Kier alpha value is -3.69. The first kappa shape index (κ1) is 26.4. The Labute approximate surface area is 215 Å². The Morgan fingerprint density at radius 1 is 1.14 bits per heavy atom. The number of halogens is 1. The third-order valence-corrected chi connectivity index (χ3v) is 6.42. The maximum absolute atomic E-state index is 13.9. The van der Waals surface area contributed by atoms with Crippen molar-refractivity contribution in [1.82, 2.24) is 15.0 Å². The van der Waals surface area contributed by atoms with Gasteiger partial charge in [-0.25, -0.2) is 19.3 Å². The van der Waals surface area contributed by atoms with E-state index >= 15 is 0 Å². The van der Waals surface area contributed by atoms with Crippen molar-refractivity contribution in [3.8, 4) is 22.5 Å². The standard InChI is InChI=1S/C28H31FN4O4/c1-16(2)25-21(9-8-19(34)14-20(35)15-23(36)37)24(17-4-6-18(29)7-5-17)22-10-13-33(3)28-27(26(22)32-25)30-11-12-31-28/h4-9,11-12,16,19-20,34-35H,10,13-15H2,1-3H3,(H,36,37)/b9-8+/t19-,20-/m1/s1. The predicted molar refractivity (Wildman–Crippen MR) is 140 cm³/mol. The number of rotatable bonds is 8. The van der Waals surface area contributed by atoms with E-state index in [4.69, 9.17) is 10.1 Å². The van der Waals surface area contributed by atoms with Crippen molar-refractivity contribution in [2.24, 2.45) is 0 Å². The van der Waals surface area contributed by atoms with Gasteiger partial charge >= 0.3 is 5.97 Å². The highest BCUT2D eigenvalue weighted by Crippen LogP contribution is 2.41. The highest BCUT2D eigenvalue weighted by atomic mass is 19.1. The SMILES string of the molecule is CC(C)c1nc2c(c(-c3ccc(F)cc3)c1/C=C/[C@@H](O)C[C@@H](O)CC(=O)O)CCN(C)c1nccnc1-2. The van der Waals surface area contributed by atoms with E-state index in [2.05, 4.69) is 9.97 Å². The molecule has 8 nitrogen and oxygen atoms in total. The average molecular weight is 507 g/mol. The second-order valence-electron chi connectivity index (χ2n) is 9.59. The summed E-state index contributed by atoms with van der Waals surface area (Å²) in [5.74, 6) is -0.740. The van der Waals surface area contributed by atoms with E-state index in [0.29, 0.717) is 18.7 Å². The Kier molecular flexibility index (Phi) is 7.94. The van der Waals surface area contributed by atoms with Gasteiger partial charge in [0, 0.05) is 38.0 Å². The molecule has 0 spiro atoms. The molecule has 3 aromatic rings. The summed E-state index contributed by atoms with van der Waals surface area (Å²) >= 11 is 0. The quantitative estimate of drug-likeness (QED) is 0.418. The molecule has 194 valence electrons. The molecule has 1 aliphatic heterocycles. The second-order valence-corrected chi connectivity index (χ2v) is 9.59. The first-order valence-electron chi connectivity index (χ1n) is 12.3. The van der Waals surface area contributed by atoms with Crippen molar-refractivity contribution in [3.63, 3.8) is 0 Å². The number of anilines is 1. The van der Waals surface area contributed by atoms with Crippen LogP contribution in [0.4, 0.5) is 10.2 Å². The molecule has 0 aliphatic carbocycles. The smallest absolute Gasteiger partial charge is 0.305 e. The van der Waals surface area contributed by atoms with E-state index in [0.717, 1.165) is 39.5 Å². The Balaban J connectivity index is 1.92. The predicted octanol–water partition coefficient (Wildman–Crippen LogP) is 4.06. The molecule has 1 aromatic carbocycles. The summed E-state index contributed by atoms with van der Waals surface area (Å²) in [5.41, 5.74) is 5.57. The van der Waals surface area contributed by atoms with Crippen LogP contribution >= 0.6 is 0 Å². The van der Waals surface area contributed by atoms with Crippen LogP contribution in [-0.4, -0.2) is 62.0 Å². The number of aliphatic hydroxyl groups excluding tert-OH is 2. The molecule has 37 heavy (non-hydrogen) atoms. The second kappa shape index (κ2) is 11.1. The summed E-state index contributed by atoms with van der Waals surface area (Å²) < 4.78 is 13.9. The Bertz CT molecular complexity index is 1310. The number of aromatic nitrogens is 3. The van der Waals surface area contributed by atoms with Crippen LogP contribution < -0.4 is 4.90 Å². The third-order valence-electron chi connectivity index (χ3n) is 6.42. The van der Waals surface area contributed by atoms with Gasteiger partial charge < -0.3 is 20.2 Å². The zero-order chi connectivity index (χ0) is 26.7. The molecular formula is C28H31FN4O4. The fraction of sp³-hybridized carbons (Fsp3) is 0.357. The van der Waals surface area contributed by atoms with Crippen molar-refractivity contribution in [1.29, 1.82) is 0 Å². The lowest BCUT2D eigenvalue weighted by atomic mass is 9.87. The monoisotopic (exact) mass is 506 g/mol. The Morgan fingerprint density at radius 3 is 2.51 bits per heavy atom. The molecule has 3 heterocycles. The van der Waals surface area contributed by atoms with Gasteiger partial charge in [-0.1, -0.05) is 38.1 Å². The molecule has 0 bridgehead atoms. The summed E-state index contributed by atoms with van der Waals surface area (Å²) in [5, 5.41) is 29.4. The van der Waals surface area contributed by atoms with Gasteiger partial charge in [0.15, 0.2) is 5.82 Å². The van der Waals surface area contributed by atoms with Crippen molar-refractivity contribution in [3.05, 3.63) is 65.4 Å². The zero-order valence-corrected chi connectivity index (χ0v) is 21.1. The molecule has 9 heteroatoms. The van der Waals surface area contributed by atoms with Gasteiger partial charge in [0.1, 0.15) is 11.5 Å². The van der Waals surface area contributed by atoms with Gasteiger partial charge in [0.25, 0.3) is 0 Å². The molecule has 0 radical (unpaired) electrons. The van der Waals surface area contributed by atoms with Gasteiger partial charge in [-0.2, -0.15) is 0 Å². The van der Waals surface area contributed by atoms with E-state index in [1.54, 1.807) is 36.7 Å². The topological polar surface area (TPSA) is 120 Å². The van der Waals surface area contributed by atoms with Crippen molar-refractivity contribution < 1.29 is 24.5 Å². The van der Waals surface area contributed by atoms with Crippen LogP contribution in [0.5, 0.6) is 0 Å². The highest BCUT2D eigenvalue weighted by molar-refractivity contribution is 5.87. The lowest BCUT2D eigenvalue weighted by molar-refractivity contribution is -0.139. The minimum atomic E-state index is -1.17. The van der Waals surface area contributed by atoms with Gasteiger partial charge in [-0.05, 0) is 41.2 Å². The molecule has 2 atom stereocenters. The van der Waals surface area contributed by atoms with Crippen LogP contribution in [0.15, 0.2) is 42.7 Å². The Morgan fingerprint density at radius 2 is 1.84 bits per heavy atom. The number of likely N-dealkylation sites (N-methyl/N-ethyl adjacent to an activating group) is 1. The highest BCUT2D eigenvalue weighted by Gasteiger charge is 2.28. The number of nitrogens with zero attached hydrogens (tertiary/aromatic N) is 4. The summed E-state index contributed by atoms with van der Waals surface area (Å²) in [4.78, 5) is 27.1. The molecule has 0 saturated carbocycles. The maximum Gasteiger partial charge on any atom is 0.305 e. The van der Waals surface area contributed by atoms with Crippen LogP contribution in [0.3, 0.4) is 0 Å². The van der Waals surface area contributed by atoms with Crippen molar-refractivity contribution in [2.45, 2.75) is 51.2 Å². The van der Waals surface area contributed by atoms with Crippen LogP contribution in [0.25, 0.3) is 28.6 Å². The molecule has 0 unspecified atom stereocenters. The van der Waals surface area contributed by atoms with Crippen LogP contribution in [0.2, 0.25) is 0 Å². The molecule has 0 fully saturated rings. The van der Waals surface area contributed by atoms with Crippen LogP contribution in [0, 0.1) is 5.82 Å². The summed E-state index contributed by atoms with van der Waals surface area (Å²) in [6.07, 6.45) is 4.46. The number of aliphatic hydroxyl groups is 2. The van der Waals surface area contributed by atoms with E-state index in [1.807, 2.05) is 25.8 Å². The summed E-state index contributed by atoms with van der Waals surface area (Å²) in [7, 11) is 1.96. The van der Waals surface area contributed by atoms with Crippen LogP contribution in [0.1, 0.15) is 49.4 Å². The fourth-order valence-corrected chi connectivity index (χ4v) is 4.66. The summed E-state index contributed by atoms with van der Waals surface area (Å²) in [6, 6.07) is 6.29. The molecule has 0 amide bonds. The lowest BCUT2D eigenvalue weighted by Gasteiger charge is -2.21. The maximum atomic E-state index is 13.9. The molecule has 1 aliphatic rings. The van der Waals surface area contributed by atoms with E-state index in [9.17, 15) is 19.4 Å².